The summed E-state index contributed by atoms with van der Waals surface area (Å²) in [7, 11) is 0. The lowest BCUT2D eigenvalue weighted by Crippen LogP contribution is -2.04. The van der Waals surface area contributed by atoms with Crippen molar-refractivity contribution in [3.8, 4) is 17.6 Å². The summed E-state index contributed by atoms with van der Waals surface area (Å²) in [5.41, 5.74) is 5.49. The first-order valence-electron chi connectivity index (χ1n) is 5.54. The van der Waals surface area contributed by atoms with Gasteiger partial charge in [-0.25, -0.2) is 0 Å². The third-order valence-electron chi connectivity index (χ3n) is 2.48. The van der Waals surface area contributed by atoms with Crippen LogP contribution in [-0.4, -0.2) is 0 Å². The summed E-state index contributed by atoms with van der Waals surface area (Å²) in [6.07, 6.45) is -4.39. The third-order valence-corrected chi connectivity index (χ3v) is 2.48. The summed E-state index contributed by atoms with van der Waals surface area (Å²) in [6, 6.07) is 10.6. The molecular weight excluding hydrogens is 269 g/mol. The molecule has 0 amide bonds. The van der Waals surface area contributed by atoms with Gasteiger partial charge in [0.25, 0.3) is 0 Å². The molecule has 0 aliphatic carbocycles. The number of hydrogen-bond acceptors (Lipinski definition) is 3. The van der Waals surface area contributed by atoms with E-state index in [-0.39, 0.29) is 5.75 Å². The van der Waals surface area contributed by atoms with Crippen molar-refractivity contribution in [1.29, 1.82) is 5.26 Å². The summed E-state index contributed by atoms with van der Waals surface area (Å²) in [6.45, 7) is 0. The number of alkyl halides is 3. The second-order valence-electron chi connectivity index (χ2n) is 4.03. The fourth-order valence-corrected chi connectivity index (χ4v) is 1.59. The van der Waals surface area contributed by atoms with Crippen LogP contribution in [0.15, 0.2) is 42.5 Å². The fourth-order valence-electron chi connectivity index (χ4n) is 1.59. The molecule has 0 fully saturated rings. The highest BCUT2D eigenvalue weighted by Crippen LogP contribution is 2.31. The SMILES string of the molecule is N#Cc1cc(N)cc(Oc2ccc(C(F)(F)F)cc2)c1. The molecule has 0 spiro atoms. The van der Waals surface area contributed by atoms with Crippen molar-refractivity contribution in [2.24, 2.45) is 0 Å². The van der Waals surface area contributed by atoms with Gasteiger partial charge in [0.2, 0.25) is 0 Å². The Morgan fingerprint density at radius 1 is 1.00 bits per heavy atom. The van der Waals surface area contributed by atoms with E-state index >= 15 is 0 Å². The van der Waals surface area contributed by atoms with Gasteiger partial charge in [0.05, 0.1) is 17.2 Å². The average Bonchev–Trinajstić information content (AvgIpc) is 2.37. The molecule has 2 rings (SSSR count). The van der Waals surface area contributed by atoms with Crippen LogP contribution in [0, 0.1) is 11.3 Å². The van der Waals surface area contributed by atoms with Crippen molar-refractivity contribution in [3.63, 3.8) is 0 Å². The maximum absolute atomic E-state index is 12.4. The van der Waals surface area contributed by atoms with Gasteiger partial charge in [-0.2, -0.15) is 18.4 Å². The Morgan fingerprint density at radius 3 is 2.20 bits per heavy atom. The minimum atomic E-state index is -4.39. The number of rotatable bonds is 2. The van der Waals surface area contributed by atoms with Crippen LogP contribution in [0.4, 0.5) is 18.9 Å². The molecule has 2 N–H and O–H groups in total. The largest absolute Gasteiger partial charge is 0.457 e. The van der Waals surface area contributed by atoms with Gasteiger partial charge in [-0.05, 0) is 36.4 Å². The number of benzene rings is 2. The van der Waals surface area contributed by atoms with Crippen molar-refractivity contribution in [2.45, 2.75) is 6.18 Å². The molecule has 20 heavy (non-hydrogen) atoms. The number of nitrogen functional groups attached to an aromatic ring is 1. The van der Waals surface area contributed by atoms with Crippen LogP contribution in [0.3, 0.4) is 0 Å². The Morgan fingerprint density at radius 2 is 1.65 bits per heavy atom. The van der Waals surface area contributed by atoms with Crippen LogP contribution in [0.5, 0.6) is 11.5 Å². The van der Waals surface area contributed by atoms with Gasteiger partial charge in [0.15, 0.2) is 0 Å². The highest BCUT2D eigenvalue weighted by atomic mass is 19.4. The van der Waals surface area contributed by atoms with Gasteiger partial charge in [-0.15, -0.1) is 0 Å². The van der Waals surface area contributed by atoms with E-state index in [0.29, 0.717) is 17.0 Å². The second kappa shape index (κ2) is 5.13. The molecule has 0 heterocycles. The Kier molecular flexibility index (Phi) is 3.53. The zero-order valence-corrected chi connectivity index (χ0v) is 10.1. The number of nitrogens with zero attached hydrogens (tertiary/aromatic N) is 1. The predicted octanol–water partition coefficient (Wildman–Crippen LogP) is 3.95. The van der Waals surface area contributed by atoms with Gasteiger partial charge >= 0.3 is 6.18 Å². The lowest BCUT2D eigenvalue weighted by atomic mass is 10.2. The first-order valence-corrected chi connectivity index (χ1v) is 5.54. The molecule has 2 aromatic carbocycles. The van der Waals surface area contributed by atoms with E-state index in [2.05, 4.69) is 0 Å². The zero-order chi connectivity index (χ0) is 14.8. The van der Waals surface area contributed by atoms with E-state index < -0.39 is 11.7 Å². The molecule has 102 valence electrons. The monoisotopic (exact) mass is 278 g/mol. The number of nitriles is 1. The van der Waals surface area contributed by atoms with Crippen LogP contribution in [0.25, 0.3) is 0 Å². The molecule has 3 nitrogen and oxygen atoms in total. The first-order chi connectivity index (χ1) is 9.38. The van der Waals surface area contributed by atoms with E-state index in [4.69, 9.17) is 15.7 Å². The molecule has 0 saturated heterocycles. The summed E-state index contributed by atoms with van der Waals surface area (Å²) in [5.74, 6) is 0.522. The van der Waals surface area contributed by atoms with Crippen LogP contribution in [0.1, 0.15) is 11.1 Å². The molecule has 0 aromatic heterocycles. The van der Waals surface area contributed by atoms with Gasteiger partial charge < -0.3 is 10.5 Å². The van der Waals surface area contributed by atoms with E-state index in [1.165, 1.54) is 30.3 Å². The molecule has 2 aromatic rings. The Balaban J connectivity index is 2.23. The quantitative estimate of drug-likeness (QED) is 0.846. The molecule has 0 aliphatic rings. The molecule has 0 bridgehead atoms. The summed E-state index contributed by atoms with van der Waals surface area (Å²) in [5, 5.41) is 8.79. The van der Waals surface area contributed by atoms with E-state index in [1.54, 1.807) is 0 Å². The second-order valence-corrected chi connectivity index (χ2v) is 4.03. The molecule has 0 atom stereocenters. The van der Waals surface area contributed by atoms with E-state index in [9.17, 15) is 13.2 Å². The van der Waals surface area contributed by atoms with Crippen LogP contribution < -0.4 is 10.5 Å². The number of anilines is 1. The smallest absolute Gasteiger partial charge is 0.416 e. The third kappa shape index (κ3) is 3.20. The minimum absolute atomic E-state index is 0.229. The Bertz CT molecular complexity index is 658. The van der Waals surface area contributed by atoms with Gasteiger partial charge in [0.1, 0.15) is 11.5 Å². The van der Waals surface area contributed by atoms with Gasteiger partial charge in [-0.3, -0.25) is 0 Å². The Labute approximate surface area is 113 Å². The average molecular weight is 278 g/mol. The molecule has 0 unspecified atom stereocenters. The molecule has 0 aliphatic heterocycles. The number of hydrogen-bond donors (Lipinski definition) is 1. The van der Waals surface area contributed by atoms with E-state index in [0.717, 1.165) is 12.1 Å². The maximum Gasteiger partial charge on any atom is 0.416 e. The number of halogens is 3. The maximum atomic E-state index is 12.4. The van der Waals surface area contributed by atoms with Crippen LogP contribution >= 0.6 is 0 Å². The molecule has 0 radical (unpaired) electrons. The topological polar surface area (TPSA) is 59.0 Å². The summed E-state index contributed by atoms with van der Waals surface area (Å²) < 4.78 is 42.6. The standard InChI is InChI=1S/C14H9F3N2O/c15-14(16,17)10-1-3-12(4-2-10)20-13-6-9(8-18)5-11(19)7-13/h1-7H,19H2. The molecule has 6 heteroatoms. The molecule has 0 saturated carbocycles. The van der Waals surface area contributed by atoms with Crippen molar-refractivity contribution in [3.05, 3.63) is 53.6 Å². The van der Waals surface area contributed by atoms with Crippen molar-refractivity contribution in [2.75, 3.05) is 5.73 Å². The van der Waals surface area contributed by atoms with Crippen LogP contribution in [0.2, 0.25) is 0 Å². The lowest BCUT2D eigenvalue weighted by molar-refractivity contribution is -0.137. The minimum Gasteiger partial charge on any atom is -0.457 e. The van der Waals surface area contributed by atoms with Crippen molar-refractivity contribution in [1.82, 2.24) is 0 Å². The summed E-state index contributed by atoms with van der Waals surface area (Å²) >= 11 is 0. The fraction of sp³-hybridized carbons (Fsp3) is 0.0714. The first kappa shape index (κ1) is 13.7. The van der Waals surface area contributed by atoms with Crippen molar-refractivity contribution < 1.29 is 17.9 Å². The Hall–Kier alpha value is -2.68. The number of ether oxygens (including phenoxy) is 1. The van der Waals surface area contributed by atoms with Gasteiger partial charge in [0, 0.05) is 11.8 Å². The normalized spacial score (nSPS) is 10.9. The highest BCUT2D eigenvalue weighted by molar-refractivity contribution is 5.52. The zero-order valence-electron chi connectivity index (χ0n) is 10.1. The van der Waals surface area contributed by atoms with E-state index in [1.807, 2.05) is 6.07 Å². The van der Waals surface area contributed by atoms with Crippen molar-refractivity contribution >= 4 is 5.69 Å². The highest BCUT2D eigenvalue weighted by Gasteiger charge is 2.30. The molecular formula is C14H9F3N2O. The lowest BCUT2D eigenvalue weighted by Gasteiger charge is -2.09. The number of nitrogens with two attached hydrogens (primary N) is 1. The summed E-state index contributed by atoms with van der Waals surface area (Å²) in [4.78, 5) is 0. The van der Waals surface area contributed by atoms with Crippen LogP contribution in [-0.2, 0) is 6.18 Å². The van der Waals surface area contributed by atoms with Gasteiger partial charge in [-0.1, -0.05) is 0 Å². The predicted molar refractivity (Wildman–Crippen MR) is 67.1 cm³/mol.